The fourth-order valence-electron chi connectivity index (χ4n) is 1.59. The first-order chi connectivity index (χ1) is 8.70. The lowest BCUT2D eigenvalue weighted by molar-refractivity contribution is -0.118. The molecule has 0 aromatic heterocycles. The summed E-state index contributed by atoms with van der Waals surface area (Å²) in [6, 6.07) is 4.91. The first-order valence-electron chi connectivity index (χ1n) is 5.54. The highest BCUT2D eigenvalue weighted by Crippen LogP contribution is 2.28. The lowest BCUT2D eigenvalue weighted by Crippen LogP contribution is -2.28. The number of carbonyl (C=O) groups is 2. The Morgan fingerprint density at radius 2 is 2.39 bits per heavy atom. The minimum Gasteiger partial charge on any atom is -0.482 e. The van der Waals surface area contributed by atoms with Crippen LogP contribution in [-0.2, 0) is 9.53 Å². The molecule has 0 saturated carbocycles. The molecule has 18 heavy (non-hydrogen) atoms. The molecule has 1 heterocycles. The lowest BCUT2D eigenvalue weighted by Gasteiger charge is -2.18. The van der Waals surface area contributed by atoms with Crippen LogP contribution < -0.4 is 15.4 Å². The Labute approximate surface area is 104 Å². The van der Waals surface area contributed by atoms with Gasteiger partial charge in [0.05, 0.1) is 12.3 Å². The van der Waals surface area contributed by atoms with Crippen molar-refractivity contribution in [2.24, 2.45) is 0 Å². The molecule has 2 amide bonds. The second kappa shape index (κ2) is 5.50. The van der Waals surface area contributed by atoms with Gasteiger partial charge >= 0.3 is 0 Å². The number of methoxy groups -OCH3 is 1. The van der Waals surface area contributed by atoms with Crippen LogP contribution >= 0.6 is 0 Å². The number of fused-ring (bicyclic) bond motifs is 1. The molecule has 0 saturated heterocycles. The summed E-state index contributed by atoms with van der Waals surface area (Å²) in [6.45, 7) is 0.901. The van der Waals surface area contributed by atoms with E-state index >= 15 is 0 Å². The van der Waals surface area contributed by atoms with Crippen LogP contribution in [0.25, 0.3) is 0 Å². The molecular formula is C12H14N2O4. The van der Waals surface area contributed by atoms with Crippen LogP contribution in [0.5, 0.6) is 5.75 Å². The molecule has 0 fully saturated rings. The van der Waals surface area contributed by atoms with Gasteiger partial charge in [-0.3, -0.25) is 9.59 Å². The third-order valence-corrected chi connectivity index (χ3v) is 2.47. The van der Waals surface area contributed by atoms with E-state index in [9.17, 15) is 9.59 Å². The highest BCUT2D eigenvalue weighted by Gasteiger charge is 2.17. The van der Waals surface area contributed by atoms with E-state index in [0.29, 0.717) is 30.2 Å². The van der Waals surface area contributed by atoms with Gasteiger partial charge < -0.3 is 20.1 Å². The quantitative estimate of drug-likeness (QED) is 0.758. The van der Waals surface area contributed by atoms with Crippen molar-refractivity contribution in [1.29, 1.82) is 0 Å². The van der Waals surface area contributed by atoms with E-state index in [0.717, 1.165) is 0 Å². The predicted octanol–water partition coefficient (Wildman–Crippen LogP) is 0.394. The van der Waals surface area contributed by atoms with Crippen LogP contribution in [0, 0.1) is 0 Å². The van der Waals surface area contributed by atoms with Gasteiger partial charge in [-0.25, -0.2) is 0 Å². The minimum absolute atomic E-state index is 0.00633. The van der Waals surface area contributed by atoms with Gasteiger partial charge in [0.15, 0.2) is 6.61 Å². The molecule has 1 aliphatic rings. The van der Waals surface area contributed by atoms with Crippen LogP contribution in [0.2, 0.25) is 0 Å². The van der Waals surface area contributed by atoms with Gasteiger partial charge in [-0.2, -0.15) is 0 Å². The summed E-state index contributed by atoms with van der Waals surface area (Å²) in [5, 5.41) is 5.35. The molecule has 0 atom stereocenters. The van der Waals surface area contributed by atoms with Crippen LogP contribution in [-0.4, -0.2) is 38.7 Å². The summed E-state index contributed by atoms with van der Waals surface area (Å²) in [5.74, 6) is 0.136. The summed E-state index contributed by atoms with van der Waals surface area (Å²) >= 11 is 0. The molecule has 1 aromatic rings. The fraction of sp³-hybridized carbons (Fsp3) is 0.333. The average molecular weight is 250 g/mol. The van der Waals surface area contributed by atoms with Crippen molar-refractivity contribution in [1.82, 2.24) is 5.32 Å². The largest absolute Gasteiger partial charge is 0.482 e. The standard InChI is InChI=1S/C12H14N2O4/c1-17-5-4-13-12(16)8-2-3-10-9(6-8)14-11(15)7-18-10/h2-3,6H,4-5,7H2,1H3,(H,13,16)(H,14,15). The van der Waals surface area contributed by atoms with Gasteiger partial charge in [0.2, 0.25) is 0 Å². The molecule has 2 N–H and O–H groups in total. The van der Waals surface area contributed by atoms with Crippen LogP contribution in [0.15, 0.2) is 18.2 Å². The van der Waals surface area contributed by atoms with E-state index < -0.39 is 0 Å². The Morgan fingerprint density at radius 3 is 3.17 bits per heavy atom. The number of nitrogens with one attached hydrogen (secondary N) is 2. The molecule has 0 aliphatic carbocycles. The first-order valence-corrected chi connectivity index (χ1v) is 5.54. The third kappa shape index (κ3) is 2.78. The van der Waals surface area contributed by atoms with E-state index in [2.05, 4.69) is 10.6 Å². The number of hydrogen-bond acceptors (Lipinski definition) is 4. The van der Waals surface area contributed by atoms with E-state index in [4.69, 9.17) is 9.47 Å². The predicted molar refractivity (Wildman–Crippen MR) is 64.8 cm³/mol. The monoisotopic (exact) mass is 250 g/mol. The summed E-state index contributed by atoms with van der Waals surface area (Å²) in [6.07, 6.45) is 0. The molecule has 0 bridgehead atoms. The zero-order valence-electron chi connectivity index (χ0n) is 9.99. The van der Waals surface area contributed by atoms with Gasteiger partial charge in [-0.05, 0) is 18.2 Å². The Kier molecular flexibility index (Phi) is 3.78. The number of anilines is 1. The van der Waals surface area contributed by atoms with Crippen LogP contribution in [0.1, 0.15) is 10.4 Å². The minimum atomic E-state index is -0.223. The molecule has 0 spiro atoms. The molecule has 6 nitrogen and oxygen atoms in total. The highest BCUT2D eigenvalue weighted by molar-refractivity contribution is 5.99. The number of rotatable bonds is 4. The maximum atomic E-state index is 11.8. The van der Waals surface area contributed by atoms with Crippen molar-refractivity contribution >= 4 is 17.5 Å². The second-order valence-corrected chi connectivity index (χ2v) is 3.80. The Hall–Kier alpha value is -2.08. The van der Waals surface area contributed by atoms with Crippen molar-refractivity contribution in [3.05, 3.63) is 23.8 Å². The number of hydrogen-bond donors (Lipinski definition) is 2. The van der Waals surface area contributed by atoms with Gasteiger partial charge in [0.1, 0.15) is 5.75 Å². The summed E-state index contributed by atoms with van der Waals surface area (Å²) in [7, 11) is 1.57. The smallest absolute Gasteiger partial charge is 0.262 e. The molecule has 2 rings (SSSR count). The summed E-state index contributed by atoms with van der Waals surface area (Å²) in [5.41, 5.74) is 0.987. The normalized spacial score (nSPS) is 13.3. The van der Waals surface area contributed by atoms with Crippen molar-refractivity contribution in [3.8, 4) is 5.75 Å². The van der Waals surface area contributed by atoms with E-state index in [1.807, 2.05) is 0 Å². The van der Waals surface area contributed by atoms with Crippen molar-refractivity contribution in [2.45, 2.75) is 0 Å². The van der Waals surface area contributed by atoms with Crippen LogP contribution in [0.3, 0.4) is 0 Å². The summed E-state index contributed by atoms with van der Waals surface area (Å²) in [4.78, 5) is 22.9. The molecule has 1 aliphatic heterocycles. The number of amides is 2. The topological polar surface area (TPSA) is 76.7 Å². The van der Waals surface area contributed by atoms with Gasteiger partial charge in [0, 0.05) is 19.2 Å². The first kappa shape index (κ1) is 12.4. The Bertz CT molecular complexity index is 473. The van der Waals surface area contributed by atoms with Crippen molar-refractivity contribution in [2.75, 3.05) is 32.2 Å². The van der Waals surface area contributed by atoms with Crippen molar-refractivity contribution in [3.63, 3.8) is 0 Å². The van der Waals surface area contributed by atoms with Gasteiger partial charge in [-0.1, -0.05) is 0 Å². The van der Waals surface area contributed by atoms with E-state index in [-0.39, 0.29) is 18.4 Å². The molecule has 96 valence electrons. The molecule has 6 heteroatoms. The average Bonchev–Trinajstić information content (AvgIpc) is 2.38. The van der Waals surface area contributed by atoms with Crippen LogP contribution in [0.4, 0.5) is 5.69 Å². The van der Waals surface area contributed by atoms with E-state index in [1.54, 1.807) is 25.3 Å². The van der Waals surface area contributed by atoms with Gasteiger partial charge in [-0.15, -0.1) is 0 Å². The molecule has 0 radical (unpaired) electrons. The molecule has 0 unspecified atom stereocenters. The highest BCUT2D eigenvalue weighted by atomic mass is 16.5. The van der Waals surface area contributed by atoms with Gasteiger partial charge in [0.25, 0.3) is 11.8 Å². The molecular weight excluding hydrogens is 236 g/mol. The number of carbonyl (C=O) groups excluding carboxylic acids is 2. The van der Waals surface area contributed by atoms with Crippen molar-refractivity contribution < 1.29 is 19.1 Å². The van der Waals surface area contributed by atoms with E-state index in [1.165, 1.54) is 0 Å². The zero-order chi connectivity index (χ0) is 13.0. The summed E-state index contributed by atoms with van der Waals surface area (Å²) < 4.78 is 10.0. The number of benzene rings is 1. The number of ether oxygens (including phenoxy) is 2. The second-order valence-electron chi connectivity index (χ2n) is 3.80. The maximum Gasteiger partial charge on any atom is 0.262 e. The third-order valence-electron chi connectivity index (χ3n) is 2.47. The lowest BCUT2D eigenvalue weighted by atomic mass is 10.1. The molecule has 1 aromatic carbocycles. The maximum absolute atomic E-state index is 11.8. The Balaban J connectivity index is 2.08. The fourth-order valence-corrected chi connectivity index (χ4v) is 1.59. The SMILES string of the molecule is COCCNC(=O)c1ccc2c(c1)NC(=O)CO2. The zero-order valence-corrected chi connectivity index (χ0v) is 9.99. The Morgan fingerprint density at radius 1 is 1.56 bits per heavy atom.